The molecule has 3 N–H and O–H groups in total. The highest BCUT2D eigenvalue weighted by Gasteiger charge is 2.16. The number of hydrogen-bond donors (Lipinski definition) is 2. The first-order valence-corrected chi connectivity index (χ1v) is 8.17. The van der Waals surface area contributed by atoms with Gasteiger partial charge in [-0.05, 0) is 24.2 Å². The molecule has 0 radical (unpaired) electrons. The van der Waals surface area contributed by atoms with Crippen molar-refractivity contribution in [3.8, 4) is 0 Å². The number of carbonyl (C=O) groups is 1. The highest BCUT2D eigenvalue weighted by Crippen LogP contribution is 2.22. The molecule has 0 atom stereocenters. The highest BCUT2D eigenvalue weighted by molar-refractivity contribution is 7.73. The Morgan fingerprint density at radius 3 is 2.76 bits per heavy atom. The molecule has 1 aromatic carbocycles. The van der Waals surface area contributed by atoms with Gasteiger partial charge in [-0.25, -0.2) is 0 Å². The molecular formula is C15H19N3OS2. The Morgan fingerprint density at radius 1 is 1.38 bits per heavy atom. The van der Waals surface area contributed by atoms with Crippen molar-refractivity contribution in [2.24, 2.45) is 0 Å². The number of nitrogens with zero attached hydrogens (tertiary/aromatic N) is 1. The molecule has 4 nitrogen and oxygen atoms in total. The monoisotopic (exact) mass is 321 g/mol. The second-order valence-corrected chi connectivity index (χ2v) is 6.40. The zero-order chi connectivity index (χ0) is 15.2. The largest absolute Gasteiger partial charge is 0.384 e. The Labute approximate surface area is 133 Å². The predicted molar refractivity (Wildman–Crippen MR) is 90.1 cm³/mol. The van der Waals surface area contributed by atoms with Crippen LogP contribution in [-0.4, -0.2) is 10.5 Å². The van der Waals surface area contributed by atoms with Crippen LogP contribution in [0.1, 0.15) is 35.0 Å². The number of carbonyl (C=O) groups excluding carboxylic acids is 1. The number of thiazole rings is 1. The summed E-state index contributed by atoms with van der Waals surface area (Å²) in [4.78, 5) is 12.7. The van der Waals surface area contributed by atoms with Gasteiger partial charge in [0.1, 0.15) is 10.7 Å². The van der Waals surface area contributed by atoms with E-state index >= 15 is 0 Å². The molecule has 112 valence electrons. The van der Waals surface area contributed by atoms with Crippen molar-refractivity contribution in [2.45, 2.75) is 32.9 Å². The third kappa shape index (κ3) is 3.92. The Balaban J connectivity index is 2.07. The topological polar surface area (TPSA) is 60.0 Å². The molecule has 0 spiro atoms. The quantitative estimate of drug-likeness (QED) is 0.799. The number of aromatic nitrogens is 1. The molecule has 0 saturated carbocycles. The number of benzene rings is 1. The number of nitrogens with one attached hydrogen (secondary N) is 1. The fourth-order valence-corrected chi connectivity index (χ4v) is 3.26. The summed E-state index contributed by atoms with van der Waals surface area (Å²) in [6.07, 6.45) is 2.06. The molecule has 6 heteroatoms. The van der Waals surface area contributed by atoms with Gasteiger partial charge in [-0.1, -0.05) is 55.0 Å². The van der Waals surface area contributed by atoms with Crippen LogP contribution in [0, 0.1) is 3.95 Å². The first-order chi connectivity index (χ1) is 10.1. The van der Waals surface area contributed by atoms with Crippen molar-refractivity contribution >= 4 is 35.3 Å². The summed E-state index contributed by atoms with van der Waals surface area (Å²) in [5.41, 5.74) is 7.11. The van der Waals surface area contributed by atoms with Crippen LogP contribution in [-0.2, 0) is 13.1 Å². The van der Waals surface area contributed by atoms with Crippen molar-refractivity contribution in [2.75, 3.05) is 5.73 Å². The molecule has 0 aliphatic carbocycles. The molecule has 0 bridgehead atoms. The van der Waals surface area contributed by atoms with Gasteiger partial charge in [0, 0.05) is 13.1 Å². The number of hydrogen-bond acceptors (Lipinski definition) is 4. The van der Waals surface area contributed by atoms with E-state index in [-0.39, 0.29) is 5.91 Å². The predicted octanol–water partition coefficient (Wildman–Crippen LogP) is 3.59. The van der Waals surface area contributed by atoms with Gasteiger partial charge in [0.15, 0.2) is 3.95 Å². The van der Waals surface area contributed by atoms with E-state index in [9.17, 15) is 4.79 Å². The van der Waals surface area contributed by atoms with Crippen LogP contribution in [0.3, 0.4) is 0 Å². The average Bonchev–Trinajstić information content (AvgIpc) is 2.79. The maximum atomic E-state index is 12.2. The van der Waals surface area contributed by atoms with Crippen LogP contribution in [0.5, 0.6) is 0 Å². The van der Waals surface area contributed by atoms with Crippen LogP contribution in [0.25, 0.3) is 0 Å². The van der Waals surface area contributed by atoms with E-state index in [0.29, 0.717) is 21.2 Å². The SMILES string of the molecule is CCCCn1c(N)c(C(=O)NCc2ccccc2)sc1=S. The van der Waals surface area contributed by atoms with E-state index in [1.54, 1.807) is 0 Å². The lowest BCUT2D eigenvalue weighted by atomic mass is 10.2. The summed E-state index contributed by atoms with van der Waals surface area (Å²) < 4.78 is 2.51. The molecule has 0 unspecified atom stereocenters. The van der Waals surface area contributed by atoms with Crippen molar-refractivity contribution in [3.05, 3.63) is 44.7 Å². The summed E-state index contributed by atoms with van der Waals surface area (Å²) in [7, 11) is 0. The number of nitrogens with two attached hydrogens (primary N) is 1. The van der Waals surface area contributed by atoms with E-state index in [1.165, 1.54) is 11.3 Å². The number of amides is 1. The van der Waals surface area contributed by atoms with E-state index in [1.807, 2.05) is 34.9 Å². The fourth-order valence-electron chi connectivity index (χ4n) is 1.96. The zero-order valence-electron chi connectivity index (χ0n) is 12.0. The summed E-state index contributed by atoms with van der Waals surface area (Å²) >= 11 is 6.57. The third-order valence-corrected chi connectivity index (χ3v) is 4.63. The number of nitrogen functional groups attached to an aromatic ring is 1. The van der Waals surface area contributed by atoms with E-state index in [4.69, 9.17) is 18.0 Å². The van der Waals surface area contributed by atoms with Gasteiger partial charge in [-0.2, -0.15) is 0 Å². The minimum Gasteiger partial charge on any atom is -0.384 e. The van der Waals surface area contributed by atoms with Gasteiger partial charge in [-0.3, -0.25) is 4.79 Å². The second kappa shape index (κ2) is 7.38. The molecule has 2 aromatic rings. The standard InChI is InChI=1S/C15H19N3OS2/c1-2-3-9-18-13(16)12(21-15(18)20)14(19)17-10-11-7-5-4-6-8-11/h4-8H,2-3,9-10,16H2,1H3,(H,17,19). The van der Waals surface area contributed by atoms with Gasteiger partial charge in [0.2, 0.25) is 0 Å². The first kappa shape index (κ1) is 15.7. The Bertz CT molecular complexity index is 661. The van der Waals surface area contributed by atoms with Crippen LogP contribution < -0.4 is 11.1 Å². The molecular weight excluding hydrogens is 302 g/mol. The molecule has 0 fully saturated rings. The lowest BCUT2D eigenvalue weighted by Gasteiger charge is -2.06. The molecule has 0 aliphatic rings. The normalized spacial score (nSPS) is 10.5. The first-order valence-electron chi connectivity index (χ1n) is 6.94. The maximum absolute atomic E-state index is 12.2. The van der Waals surface area contributed by atoms with Gasteiger partial charge >= 0.3 is 0 Å². The number of anilines is 1. The Morgan fingerprint density at radius 2 is 2.10 bits per heavy atom. The van der Waals surface area contributed by atoms with Crippen LogP contribution in [0.2, 0.25) is 0 Å². The van der Waals surface area contributed by atoms with Crippen molar-refractivity contribution in [3.63, 3.8) is 0 Å². The lowest BCUT2D eigenvalue weighted by molar-refractivity contribution is 0.0955. The third-order valence-electron chi connectivity index (χ3n) is 3.17. The van der Waals surface area contributed by atoms with Gasteiger partial charge < -0.3 is 15.6 Å². The summed E-state index contributed by atoms with van der Waals surface area (Å²) in [6.45, 7) is 3.36. The second-order valence-electron chi connectivity index (χ2n) is 4.76. The summed E-state index contributed by atoms with van der Waals surface area (Å²) in [5, 5.41) is 2.88. The van der Waals surface area contributed by atoms with Crippen molar-refractivity contribution in [1.82, 2.24) is 9.88 Å². The summed E-state index contributed by atoms with van der Waals surface area (Å²) in [5.74, 6) is 0.312. The minimum absolute atomic E-state index is 0.164. The molecule has 1 aromatic heterocycles. The molecule has 1 amide bonds. The number of rotatable bonds is 6. The van der Waals surface area contributed by atoms with Crippen LogP contribution >= 0.6 is 23.6 Å². The molecule has 0 aliphatic heterocycles. The van der Waals surface area contributed by atoms with Crippen molar-refractivity contribution < 1.29 is 4.79 Å². The zero-order valence-corrected chi connectivity index (χ0v) is 13.6. The summed E-state index contributed by atoms with van der Waals surface area (Å²) in [6, 6.07) is 9.78. The fraction of sp³-hybridized carbons (Fsp3) is 0.333. The van der Waals surface area contributed by atoms with Gasteiger partial charge in [0.25, 0.3) is 5.91 Å². The van der Waals surface area contributed by atoms with Crippen LogP contribution in [0.4, 0.5) is 5.82 Å². The maximum Gasteiger partial charge on any atom is 0.265 e. The smallest absolute Gasteiger partial charge is 0.265 e. The minimum atomic E-state index is -0.164. The highest BCUT2D eigenvalue weighted by atomic mass is 32.1. The Hall–Kier alpha value is -1.66. The molecule has 2 rings (SSSR count). The number of unbranched alkanes of at least 4 members (excludes halogenated alkanes) is 1. The van der Waals surface area contributed by atoms with Gasteiger partial charge in [0.05, 0.1) is 0 Å². The Kier molecular flexibility index (Phi) is 5.52. The lowest BCUT2D eigenvalue weighted by Crippen LogP contribution is -2.23. The molecule has 21 heavy (non-hydrogen) atoms. The van der Waals surface area contributed by atoms with E-state index < -0.39 is 0 Å². The molecule has 0 saturated heterocycles. The van der Waals surface area contributed by atoms with Gasteiger partial charge in [-0.15, -0.1) is 0 Å². The van der Waals surface area contributed by atoms with E-state index in [2.05, 4.69) is 12.2 Å². The average molecular weight is 321 g/mol. The van der Waals surface area contributed by atoms with E-state index in [0.717, 1.165) is 24.9 Å². The molecule has 1 heterocycles. The van der Waals surface area contributed by atoms with Crippen LogP contribution in [0.15, 0.2) is 30.3 Å². The van der Waals surface area contributed by atoms with Crippen molar-refractivity contribution in [1.29, 1.82) is 0 Å².